The van der Waals surface area contributed by atoms with Gasteiger partial charge < -0.3 is 10.6 Å². The molecule has 0 aliphatic carbocycles. The predicted molar refractivity (Wildman–Crippen MR) is 108 cm³/mol. The number of hydrogen-bond acceptors (Lipinski definition) is 4. The Morgan fingerprint density at radius 2 is 1.70 bits per heavy atom. The zero-order valence-electron chi connectivity index (χ0n) is 15.3. The van der Waals surface area contributed by atoms with Crippen molar-refractivity contribution in [3.8, 4) is 0 Å². The Bertz CT molecular complexity index is 951. The van der Waals surface area contributed by atoms with E-state index in [-0.39, 0.29) is 18.2 Å². The standard InChI is InChI=1S/C21H21N3O2S/c1-14-8-6-7-11-17(14)24-18(25)12-19-23-15(2)20(27-19)21(26)22-13-16-9-4-3-5-10-16/h3-11H,12-13H2,1-2H3,(H,22,26)(H,24,25). The minimum atomic E-state index is -0.167. The molecule has 3 rings (SSSR count). The fourth-order valence-corrected chi connectivity index (χ4v) is 3.62. The number of carbonyl (C=O) groups excluding carboxylic acids is 2. The summed E-state index contributed by atoms with van der Waals surface area (Å²) in [6.07, 6.45) is 0.145. The number of hydrogen-bond donors (Lipinski definition) is 2. The second-order valence-electron chi connectivity index (χ2n) is 6.23. The SMILES string of the molecule is Cc1ccccc1NC(=O)Cc1nc(C)c(C(=O)NCc2ccccc2)s1. The van der Waals surface area contributed by atoms with Crippen LogP contribution in [0.1, 0.15) is 31.5 Å². The molecule has 138 valence electrons. The number of rotatable bonds is 6. The average molecular weight is 379 g/mol. The van der Waals surface area contributed by atoms with E-state index in [1.165, 1.54) is 11.3 Å². The van der Waals surface area contributed by atoms with E-state index in [9.17, 15) is 9.59 Å². The molecule has 0 aliphatic rings. The van der Waals surface area contributed by atoms with Crippen LogP contribution in [0.15, 0.2) is 54.6 Å². The summed E-state index contributed by atoms with van der Waals surface area (Å²) in [5, 5.41) is 6.42. The summed E-state index contributed by atoms with van der Waals surface area (Å²) in [7, 11) is 0. The third-order valence-corrected chi connectivity index (χ3v) is 5.23. The van der Waals surface area contributed by atoms with Crippen LogP contribution in [0.25, 0.3) is 0 Å². The third-order valence-electron chi connectivity index (χ3n) is 4.07. The summed E-state index contributed by atoms with van der Waals surface area (Å²) >= 11 is 1.26. The second-order valence-corrected chi connectivity index (χ2v) is 7.31. The van der Waals surface area contributed by atoms with Crippen molar-refractivity contribution in [1.29, 1.82) is 0 Å². The number of nitrogens with one attached hydrogen (secondary N) is 2. The number of aryl methyl sites for hydroxylation is 2. The topological polar surface area (TPSA) is 71.1 Å². The van der Waals surface area contributed by atoms with Crippen LogP contribution >= 0.6 is 11.3 Å². The van der Waals surface area contributed by atoms with E-state index >= 15 is 0 Å². The molecule has 0 unspecified atom stereocenters. The van der Waals surface area contributed by atoms with Crippen LogP contribution in [0.2, 0.25) is 0 Å². The highest BCUT2D eigenvalue weighted by Crippen LogP contribution is 2.20. The molecule has 0 bridgehead atoms. The first-order valence-corrected chi connectivity index (χ1v) is 9.48. The first-order chi connectivity index (χ1) is 13.0. The molecular weight excluding hydrogens is 358 g/mol. The summed E-state index contributed by atoms with van der Waals surface area (Å²) in [6.45, 7) is 4.19. The number of amides is 2. The molecule has 0 fully saturated rings. The summed E-state index contributed by atoms with van der Waals surface area (Å²) in [5.41, 5.74) is 3.47. The molecule has 0 radical (unpaired) electrons. The number of aromatic nitrogens is 1. The fourth-order valence-electron chi connectivity index (χ4n) is 2.64. The number of benzene rings is 2. The number of nitrogens with zero attached hydrogens (tertiary/aromatic N) is 1. The van der Waals surface area contributed by atoms with Crippen molar-refractivity contribution in [1.82, 2.24) is 10.3 Å². The lowest BCUT2D eigenvalue weighted by atomic mass is 10.2. The van der Waals surface area contributed by atoms with Crippen molar-refractivity contribution in [2.75, 3.05) is 5.32 Å². The normalized spacial score (nSPS) is 10.4. The van der Waals surface area contributed by atoms with Gasteiger partial charge >= 0.3 is 0 Å². The summed E-state index contributed by atoms with van der Waals surface area (Å²) in [5.74, 6) is -0.311. The average Bonchev–Trinajstić information content (AvgIpc) is 3.02. The van der Waals surface area contributed by atoms with Crippen LogP contribution in [0.3, 0.4) is 0 Å². The van der Waals surface area contributed by atoms with Crippen molar-refractivity contribution < 1.29 is 9.59 Å². The molecule has 3 aromatic rings. The largest absolute Gasteiger partial charge is 0.347 e. The first kappa shape index (κ1) is 18.8. The predicted octanol–water partition coefficient (Wildman–Crippen LogP) is 3.87. The Morgan fingerprint density at radius 3 is 2.44 bits per heavy atom. The zero-order chi connectivity index (χ0) is 19.2. The lowest BCUT2D eigenvalue weighted by Crippen LogP contribution is -2.22. The van der Waals surface area contributed by atoms with E-state index in [0.717, 1.165) is 16.8 Å². The Balaban J connectivity index is 1.61. The highest BCUT2D eigenvalue weighted by Gasteiger charge is 2.17. The maximum atomic E-state index is 12.4. The number of thiazole rings is 1. The lowest BCUT2D eigenvalue weighted by Gasteiger charge is -2.06. The number of carbonyl (C=O) groups is 2. The van der Waals surface area contributed by atoms with Gasteiger partial charge in [-0.2, -0.15) is 0 Å². The summed E-state index contributed by atoms with van der Waals surface area (Å²) in [4.78, 5) is 29.7. The maximum Gasteiger partial charge on any atom is 0.263 e. The van der Waals surface area contributed by atoms with E-state index < -0.39 is 0 Å². The van der Waals surface area contributed by atoms with Crippen LogP contribution in [0, 0.1) is 13.8 Å². The van der Waals surface area contributed by atoms with Gasteiger partial charge in [-0.25, -0.2) is 4.98 Å². The van der Waals surface area contributed by atoms with Crippen LogP contribution in [-0.4, -0.2) is 16.8 Å². The van der Waals surface area contributed by atoms with Crippen LogP contribution < -0.4 is 10.6 Å². The molecular formula is C21H21N3O2S. The molecule has 0 aliphatic heterocycles. The van der Waals surface area contributed by atoms with Gasteiger partial charge in [0.25, 0.3) is 5.91 Å². The third kappa shape index (κ3) is 5.01. The van der Waals surface area contributed by atoms with Crippen molar-refractivity contribution in [2.45, 2.75) is 26.8 Å². The monoisotopic (exact) mass is 379 g/mol. The van der Waals surface area contributed by atoms with E-state index in [1.54, 1.807) is 6.92 Å². The Morgan fingerprint density at radius 1 is 1.00 bits per heavy atom. The van der Waals surface area contributed by atoms with E-state index in [2.05, 4.69) is 15.6 Å². The molecule has 2 aromatic carbocycles. The van der Waals surface area contributed by atoms with Crippen LogP contribution in [0.4, 0.5) is 5.69 Å². The minimum absolute atomic E-state index is 0.144. The Kier molecular flexibility index (Phi) is 5.98. The quantitative estimate of drug-likeness (QED) is 0.683. The molecule has 1 heterocycles. The summed E-state index contributed by atoms with van der Waals surface area (Å²) < 4.78 is 0. The van der Waals surface area contributed by atoms with E-state index in [1.807, 2.05) is 61.5 Å². The molecule has 0 atom stereocenters. The molecule has 2 N–H and O–H groups in total. The van der Waals surface area contributed by atoms with Gasteiger partial charge in [0.2, 0.25) is 5.91 Å². The van der Waals surface area contributed by atoms with Crippen molar-refractivity contribution in [2.24, 2.45) is 0 Å². The van der Waals surface area contributed by atoms with Gasteiger partial charge in [-0.3, -0.25) is 9.59 Å². The molecule has 5 nitrogen and oxygen atoms in total. The molecule has 0 saturated heterocycles. The summed E-state index contributed by atoms with van der Waals surface area (Å²) in [6, 6.07) is 17.3. The molecule has 2 amide bonds. The Hall–Kier alpha value is -2.99. The molecule has 6 heteroatoms. The highest BCUT2D eigenvalue weighted by atomic mass is 32.1. The number of para-hydroxylation sites is 1. The van der Waals surface area contributed by atoms with Crippen molar-refractivity contribution >= 4 is 28.8 Å². The number of anilines is 1. The fraction of sp³-hybridized carbons (Fsp3) is 0.190. The zero-order valence-corrected chi connectivity index (χ0v) is 16.1. The molecule has 0 spiro atoms. The van der Waals surface area contributed by atoms with Gasteiger partial charge in [-0.1, -0.05) is 48.5 Å². The smallest absolute Gasteiger partial charge is 0.263 e. The van der Waals surface area contributed by atoms with Crippen molar-refractivity contribution in [3.05, 3.63) is 81.3 Å². The van der Waals surface area contributed by atoms with Crippen LogP contribution in [0.5, 0.6) is 0 Å². The molecule has 27 heavy (non-hydrogen) atoms. The van der Waals surface area contributed by atoms with Crippen LogP contribution in [-0.2, 0) is 17.8 Å². The minimum Gasteiger partial charge on any atom is -0.347 e. The van der Waals surface area contributed by atoms with Crippen molar-refractivity contribution in [3.63, 3.8) is 0 Å². The maximum absolute atomic E-state index is 12.4. The first-order valence-electron chi connectivity index (χ1n) is 8.67. The van der Waals surface area contributed by atoms with Gasteiger partial charge in [-0.15, -0.1) is 11.3 Å². The van der Waals surface area contributed by atoms with Gasteiger partial charge in [0, 0.05) is 12.2 Å². The highest BCUT2D eigenvalue weighted by molar-refractivity contribution is 7.13. The van der Waals surface area contributed by atoms with Gasteiger partial charge in [0.15, 0.2) is 0 Å². The van der Waals surface area contributed by atoms with Gasteiger partial charge in [0.05, 0.1) is 12.1 Å². The van der Waals surface area contributed by atoms with E-state index in [0.29, 0.717) is 22.1 Å². The van der Waals surface area contributed by atoms with E-state index in [4.69, 9.17) is 0 Å². The molecule has 1 aromatic heterocycles. The van der Waals surface area contributed by atoms with Gasteiger partial charge in [-0.05, 0) is 31.0 Å². The second kappa shape index (κ2) is 8.60. The molecule has 0 saturated carbocycles. The van der Waals surface area contributed by atoms with Gasteiger partial charge in [0.1, 0.15) is 9.88 Å². The Labute approximate surface area is 162 Å². The lowest BCUT2D eigenvalue weighted by molar-refractivity contribution is -0.115.